The molecule has 4 N–H and O–H groups in total. The summed E-state index contributed by atoms with van der Waals surface area (Å²) in [4.78, 5) is 3.95. The summed E-state index contributed by atoms with van der Waals surface area (Å²) in [5.41, 5.74) is 7.36. The second-order valence-electron chi connectivity index (χ2n) is 5.58. The van der Waals surface area contributed by atoms with Gasteiger partial charge in [-0.15, -0.1) is 0 Å². The van der Waals surface area contributed by atoms with Crippen LogP contribution in [0.25, 0.3) is 0 Å². The van der Waals surface area contributed by atoms with Gasteiger partial charge in [0.2, 0.25) is 0 Å². The number of rotatable bonds is 7. The molecule has 4 nitrogen and oxygen atoms in total. The molecule has 0 bridgehead atoms. The van der Waals surface area contributed by atoms with Crippen molar-refractivity contribution in [2.45, 2.75) is 40.2 Å². The van der Waals surface area contributed by atoms with Crippen molar-refractivity contribution in [1.29, 1.82) is 0 Å². The number of anilines is 2. The van der Waals surface area contributed by atoms with Crippen LogP contribution >= 0.6 is 11.6 Å². The van der Waals surface area contributed by atoms with Gasteiger partial charge in [-0.1, -0.05) is 32.4 Å². The Hall–Kier alpha value is -1.00. The van der Waals surface area contributed by atoms with E-state index in [2.05, 4.69) is 43.3 Å². The molecule has 0 aliphatic heterocycles. The molecule has 1 aromatic rings. The lowest BCUT2D eigenvalue weighted by Gasteiger charge is -2.33. The number of aromatic nitrogens is 1. The van der Waals surface area contributed by atoms with Crippen LogP contribution in [0, 0.1) is 5.41 Å². The summed E-state index contributed by atoms with van der Waals surface area (Å²) in [6.07, 6.45) is 2.80. The number of pyridine rings is 1. The van der Waals surface area contributed by atoms with Gasteiger partial charge in [0.1, 0.15) is 0 Å². The maximum atomic E-state index is 5.91. The van der Waals surface area contributed by atoms with Gasteiger partial charge >= 0.3 is 0 Å². The highest BCUT2D eigenvalue weighted by Crippen LogP contribution is 2.27. The van der Waals surface area contributed by atoms with E-state index in [-0.39, 0.29) is 5.41 Å². The van der Waals surface area contributed by atoms with Crippen LogP contribution in [0.15, 0.2) is 12.3 Å². The van der Waals surface area contributed by atoms with Crippen molar-refractivity contribution >= 4 is 23.0 Å². The van der Waals surface area contributed by atoms with Crippen LogP contribution in [0.3, 0.4) is 0 Å². The Morgan fingerprint density at radius 1 is 1.47 bits per heavy atom. The molecule has 1 aromatic heterocycles. The van der Waals surface area contributed by atoms with Crippen LogP contribution < -0.4 is 16.4 Å². The third-order valence-corrected chi connectivity index (χ3v) is 3.85. The lowest BCUT2D eigenvalue weighted by Crippen LogP contribution is -2.43. The Morgan fingerprint density at radius 3 is 2.79 bits per heavy atom. The highest BCUT2D eigenvalue weighted by Gasteiger charge is 2.25. The molecule has 0 saturated carbocycles. The van der Waals surface area contributed by atoms with Gasteiger partial charge in [0, 0.05) is 18.8 Å². The standard InChI is InChI=1S/C14H25ClN4/c1-5-7-17-10(2)14(3,4)9-19-11-6-8-18-13(15)12(11)16/h6,8,10,17H,5,7,9,16H2,1-4H3,(H,18,19). The average molecular weight is 285 g/mol. The zero-order valence-electron chi connectivity index (χ0n) is 12.3. The van der Waals surface area contributed by atoms with Crippen molar-refractivity contribution in [3.63, 3.8) is 0 Å². The summed E-state index contributed by atoms with van der Waals surface area (Å²) < 4.78 is 0. The van der Waals surface area contributed by atoms with E-state index in [1.54, 1.807) is 6.20 Å². The predicted octanol–water partition coefficient (Wildman–Crippen LogP) is 3.14. The van der Waals surface area contributed by atoms with Gasteiger partial charge in [-0.3, -0.25) is 0 Å². The fourth-order valence-corrected chi connectivity index (χ4v) is 1.87. The van der Waals surface area contributed by atoms with E-state index < -0.39 is 0 Å². The van der Waals surface area contributed by atoms with Crippen LogP contribution in [-0.2, 0) is 0 Å². The summed E-state index contributed by atoms with van der Waals surface area (Å²) >= 11 is 5.91. The van der Waals surface area contributed by atoms with Crippen molar-refractivity contribution < 1.29 is 0 Å². The number of hydrogen-bond donors (Lipinski definition) is 3. The van der Waals surface area contributed by atoms with Gasteiger partial charge in [0.15, 0.2) is 5.15 Å². The quantitative estimate of drug-likeness (QED) is 0.673. The molecule has 1 atom stereocenters. The zero-order chi connectivity index (χ0) is 14.5. The van der Waals surface area contributed by atoms with E-state index >= 15 is 0 Å². The van der Waals surface area contributed by atoms with Gasteiger partial charge < -0.3 is 16.4 Å². The van der Waals surface area contributed by atoms with Gasteiger partial charge in [-0.05, 0) is 31.4 Å². The first kappa shape index (κ1) is 16.1. The van der Waals surface area contributed by atoms with E-state index in [1.165, 1.54) is 0 Å². The molecule has 0 radical (unpaired) electrons. The van der Waals surface area contributed by atoms with Crippen LogP contribution in [0.5, 0.6) is 0 Å². The Bertz CT molecular complexity index is 406. The summed E-state index contributed by atoms with van der Waals surface area (Å²) in [6, 6.07) is 2.26. The normalized spacial score (nSPS) is 13.3. The predicted molar refractivity (Wildman–Crippen MR) is 83.7 cm³/mol. The fraction of sp³-hybridized carbons (Fsp3) is 0.643. The smallest absolute Gasteiger partial charge is 0.153 e. The second kappa shape index (κ2) is 6.96. The molecule has 0 fully saturated rings. The molecular weight excluding hydrogens is 260 g/mol. The Labute approximate surface area is 121 Å². The summed E-state index contributed by atoms with van der Waals surface area (Å²) in [6.45, 7) is 10.7. The van der Waals surface area contributed by atoms with Crippen molar-refractivity contribution in [2.75, 3.05) is 24.1 Å². The highest BCUT2D eigenvalue weighted by molar-refractivity contribution is 6.32. The topological polar surface area (TPSA) is 63.0 Å². The Balaban J connectivity index is 2.61. The van der Waals surface area contributed by atoms with Gasteiger partial charge in [-0.25, -0.2) is 4.98 Å². The molecule has 19 heavy (non-hydrogen) atoms. The highest BCUT2D eigenvalue weighted by atomic mass is 35.5. The van der Waals surface area contributed by atoms with Crippen LogP contribution in [0.4, 0.5) is 11.4 Å². The monoisotopic (exact) mass is 284 g/mol. The first-order valence-electron chi connectivity index (χ1n) is 6.75. The van der Waals surface area contributed by atoms with Crippen LogP contribution in [0.1, 0.15) is 34.1 Å². The van der Waals surface area contributed by atoms with E-state index in [0.717, 1.165) is 25.2 Å². The zero-order valence-corrected chi connectivity index (χ0v) is 13.0. The number of nitrogen functional groups attached to an aromatic ring is 1. The minimum absolute atomic E-state index is 0.108. The number of nitrogens with one attached hydrogen (secondary N) is 2. The maximum absolute atomic E-state index is 5.91. The largest absolute Gasteiger partial charge is 0.395 e. The van der Waals surface area contributed by atoms with E-state index in [4.69, 9.17) is 17.3 Å². The van der Waals surface area contributed by atoms with Crippen molar-refractivity contribution in [2.24, 2.45) is 5.41 Å². The number of hydrogen-bond acceptors (Lipinski definition) is 4. The molecule has 0 aliphatic carbocycles. The van der Waals surface area contributed by atoms with E-state index in [0.29, 0.717) is 16.9 Å². The third kappa shape index (κ3) is 4.55. The number of nitrogens with two attached hydrogens (primary N) is 1. The molecule has 0 spiro atoms. The molecule has 108 valence electrons. The lowest BCUT2D eigenvalue weighted by atomic mass is 9.85. The molecule has 1 rings (SSSR count). The van der Waals surface area contributed by atoms with Crippen molar-refractivity contribution in [1.82, 2.24) is 10.3 Å². The molecule has 0 aliphatic rings. The first-order chi connectivity index (χ1) is 8.88. The SMILES string of the molecule is CCCNC(C)C(C)(C)CNc1ccnc(Cl)c1N. The molecule has 0 saturated heterocycles. The average Bonchev–Trinajstić information content (AvgIpc) is 2.37. The molecule has 1 heterocycles. The second-order valence-corrected chi connectivity index (χ2v) is 5.94. The lowest BCUT2D eigenvalue weighted by molar-refractivity contribution is 0.275. The minimum Gasteiger partial charge on any atom is -0.395 e. The Morgan fingerprint density at radius 2 is 2.16 bits per heavy atom. The van der Waals surface area contributed by atoms with Gasteiger partial charge in [0.25, 0.3) is 0 Å². The van der Waals surface area contributed by atoms with Crippen molar-refractivity contribution in [3.8, 4) is 0 Å². The van der Waals surface area contributed by atoms with E-state index in [9.17, 15) is 0 Å². The van der Waals surface area contributed by atoms with E-state index in [1.807, 2.05) is 6.07 Å². The summed E-state index contributed by atoms with van der Waals surface area (Å²) in [5, 5.41) is 7.23. The molecular formula is C14H25ClN4. The first-order valence-corrected chi connectivity index (χ1v) is 7.13. The molecule has 5 heteroatoms. The summed E-state index contributed by atoms with van der Waals surface area (Å²) in [7, 11) is 0. The van der Waals surface area contributed by atoms with Crippen LogP contribution in [-0.4, -0.2) is 24.1 Å². The van der Waals surface area contributed by atoms with Gasteiger partial charge in [0.05, 0.1) is 11.4 Å². The molecule has 0 aromatic carbocycles. The number of nitrogens with zero attached hydrogens (tertiary/aromatic N) is 1. The van der Waals surface area contributed by atoms with Crippen molar-refractivity contribution in [3.05, 3.63) is 17.4 Å². The third-order valence-electron chi connectivity index (χ3n) is 3.55. The van der Waals surface area contributed by atoms with Crippen LogP contribution in [0.2, 0.25) is 5.15 Å². The van der Waals surface area contributed by atoms with Gasteiger partial charge in [-0.2, -0.15) is 0 Å². The number of halogens is 1. The molecule has 1 unspecified atom stereocenters. The molecule has 0 amide bonds. The Kier molecular flexibility index (Phi) is 5.88. The minimum atomic E-state index is 0.108. The fourth-order valence-electron chi connectivity index (χ4n) is 1.72. The summed E-state index contributed by atoms with van der Waals surface area (Å²) in [5.74, 6) is 0. The maximum Gasteiger partial charge on any atom is 0.153 e.